The molecule has 4 nitrogen and oxygen atoms in total. The number of aromatic nitrogens is 1. The molecule has 19 heavy (non-hydrogen) atoms. The summed E-state index contributed by atoms with van der Waals surface area (Å²) in [5.41, 5.74) is 1.05. The SMILES string of the molecule is O=C(C=Cc1cccs1)Nc1nc2c(s1)COCC2. The van der Waals surface area contributed by atoms with Crippen LogP contribution in [0.15, 0.2) is 23.6 Å². The second-order valence-electron chi connectivity index (χ2n) is 4.03. The van der Waals surface area contributed by atoms with Crippen LogP contribution in [-0.4, -0.2) is 17.5 Å². The second-order valence-corrected chi connectivity index (χ2v) is 6.09. The van der Waals surface area contributed by atoms with Crippen LogP contribution in [0.1, 0.15) is 15.4 Å². The van der Waals surface area contributed by atoms with E-state index in [4.69, 9.17) is 4.74 Å². The molecule has 0 aromatic carbocycles. The Labute approximate surface area is 118 Å². The first kappa shape index (κ1) is 12.5. The number of carbonyl (C=O) groups is 1. The summed E-state index contributed by atoms with van der Waals surface area (Å²) in [7, 11) is 0. The van der Waals surface area contributed by atoms with Crippen molar-refractivity contribution in [2.75, 3.05) is 11.9 Å². The minimum absolute atomic E-state index is 0.152. The average Bonchev–Trinajstić information content (AvgIpc) is 3.04. The van der Waals surface area contributed by atoms with E-state index < -0.39 is 0 Å². The molecule has 3 heterocycles. The number of hydrogen-bond acceptors (Lipinski definition) is 5. The van der Waals surface area contributed by atoms with Gasteiger partial charge in [-0.3, -0.25) is 10.1 Å². The molecule has 0 bridgehead atoms. The molecule has 3 rings (SSSR count). The fraction of sp³-hybridized carbons (Fsp3) is 0.231. The molecule has 6 heteroatoms. The highest BCUT2D eigenvalue weighted by Crippen LogP contribution is 2.26. The molecule has 0 aliphatic carbocycles. The Morgan fingerprint density at radius 3 is 3.26 bits per heavy atom. The van der Waals surface area contributed by atoms with Gasteiger partial charge >= 0.3 is 0 Å². The molecule has 1 amide bonds. The van der Waals surface area contributed by atoms with Gasteiger partial charge in [0.1, 0.15) is 0 Å². The molecule has 0 atom stereocenters. The standard InChI is InChI=1S/C13H12N2O2S2/c16-12(4-3-9-2-1-7-18-9)15-13-14-10-5-6-17-8-11(10)19-13/h1-4,7H,5-6,8H2,(H,14,15,16). The summed E-state index contributed by atoms with van der Waals surface area (Å²) >= 11 is 3.08. The van der Waals surface area contributed by atoms with E-state index >= 15 is 0 Å². The third-order valence-electron chi connectivity index (χ3n) is 2.67. The van der Waals surface area contributed by atoms with Gasteiger partial charge in [0, 0.05) is 17.4 Å². The molecule has 0 saturated carbocycles. The summed E-state index contributed by atoms with van der Waals surface area (Å²) in [5.74, 6) is -0.152. The topological polar surface area (TPSA) is 51.2 Å². The second kappa shape index (κ2) is 5.64. The van der Waals surface area contributed by atoms with Crippen LogP contribution in [0.4, 0.5) is 5.13 Å². The maximum absolute atomic E-state index is 11.8. The van der Waals surface area contributed by atoms with Gasteiger partial charge in [0.05, 0.1) is 23.8 Å². The Bertz CT molecular complexity index is 579. The van der Waals surface area contributed by atoms with Crippen LogP contribution in [-0.2, 0) is 22.6 Å². The van der Waals surface area contributed by atoms with Crippen molar-refractivity contribution in [2.45, 2.75) is 13.0 Å². The molecule has 1 N–H and O–H groups in total. The van der Waals surface area contributed by atoms with Gasteiger partial charge < -0.3 is 4.74 Å². The first-order valence-electron chi connectivity index (χ1n) is 5.90. The van der Waals surface area contributed by atoms with Gasteiger partial charge in [-0.05, 0) is 17.5 Å². The maximum atomic E-state index is 11.8. The minimum atomic E-state index is -0.152. The highest BCUT2D eigenvalue weighted by atomic mass is 32.1. The number of hydrogen-bond donors (Lipinski definition) is 1. The van der Waals surface area contributed by atoms with Crippen LogP contribution in [0.5, 0.6) is 0 Å². The monoisotopic (exact) mass is 292 g/mol. The maximum Gasteiger partial charge on any atom is 0.250 e. The molecule has 2 aromatic heterocycles. The molecule has 1 aliphatic heterocycles. The van der Waals surface area contributed by atoms with Crippen LogP contribution >= 0.6 is 22.7 Å². The highest BCUT2D eigenvalue weighted by Gasteiger charge is 2.16. The lowest BCUT2D eigenvalue weighted by Crippen LogP contribution is -2.08. The number of thiazole rings is 1. The number of ether oxygens (including phenoxy) is 1. The Morgan fingerprint density at radius 1 is 1.53 bits per heavy atom. The number of nitrogens with zero attached hydrogens (tertiary/aromatic N) is 1. The van der Waals surface area contributed by atoms with E-state index in [0.717, 1.165) is 21.9 Å². The molecule has 0 fully saturated rings. The summed E-state index contributed by atoms with van der Waals surface area (Å²) in [6.07, 6.45) is 4.16. The number of thiophene rings is 1. The van der Waals surface area contributed by atoms with Gasteiger partial charge in [0.15, 0.2) is 5.13 Å². The minimum Gasteiger partial charge on any atom is -0.375 e. The fourth-order valence-corrected chi connectivity index (χ4v) is 3.34. The molecule has 0 spiro atoms. The summed E-state index contributed by atoms with van der Waals surface area (Å²) in [6, 6.07) is 3.92. The molecule has 2 aromatic rings. The van der Waals surface area contributed by atoms with E-state index in [2.05, 4.69) is 10.3 Å². The number of rotatable bonds is 3. The third kappa shape index (κ3) is 3.09. The Hall–Kier alpha value is -1.50. The van der Waals surface area contributed by atoms with Crippen molar-refractivity contribution < 1.29 is 9.53 Å². The lowest BCUT2D eigenvalue weighted by molar-refractivity contribution is -0.111. The highest BCUT2D eigenvalue weighted by molar-refractivity contribution is 7.15. The number of amides is 1. The number of carbonyl (C=O) groups excluding carboxylic acids is 1. The van der Waals surface area contributed by atoms with Gasteiger partial charge in [0.25, 0.3) is 0 Å². The van der Waals surface area contributed by atoms with Gasteiger partial charge in [-0.1, -0.05) is 17.4 Å². The van der Waals surface area contributed by atoms with Crippen molar-refractivity contribution in [1.82, 2.24) is 4.98 Å². The van der Waals surface area contributed by atoms with E-state index in [-0.39, 0.29) is 5.91 Å². The first-order valence-corrected chi connectivity index (χ1v) is 7.60. The van der Waals surface area contributed by atoms with Crippen molar-refractivity contribution in [1.29, 1.82) is 0 Å². The van der Waals surface area contributed by atoms with Crippen molar-refractivity contribution in [2.24, 2.45) is 0 Å². The third-order valence-corrected chi connectivity index (χ3v) is 4.49. The molecule has 98 valence electrons. The van der Waals surface area contributed by atoms with E-state index in [1.54, 1.807) is 17.4 Å². The van der Waals surface area contributed by atoms with Gasteiger partial charge in [-0.2, -0.15) is 0 Å². The Kier molecular flexibility index (Phi) is 3.72. The predicted molar refractivity (Wildman–Crippen MR) is 77.5 cm³/mol. The van der Waals surface area contributed by atoms with Crippen molar-refractivity contribution in [3.05, 3.63) is 39.0 Å². The molecule has 0 saturated heterocycles. The van der Waals surface area contributed by atoms with Gasteiger partial charge in [-0.25, -0.2) is 4.98 Å². The number of nitrogens with one attached hydrogen (secondary N) is 1. The summed E-state index contributed by atoms with van der Waals surface area (Å²) in [5, 5.41) is 5.42. The fourth-order valence-electron chi connectivity index (χ4n) is 1.77. The molecule has 1 aliphatic rings. The zero-order valence-corrected chi connectivity index (χ0v) is 11.7. The lowest BCUT2D eigenvalue weighted by atomic mass is 10.2. The van der Waals surface area contributed by atoms with E-state index in [1.165, 1.54) is 17.4 Å². The van der Waals surface area contributed by atoms with E-state index in [9.17, 15) is 4.79 Å². The summed E-state index contributed by atoms with van der Waals surface area (Å²) in [6.45, 7) is 1.32. The Balaban J connectivity index is 1.64. The van der Waals surface area contributed by atoms with Crippen LogP contribution in [0, 0.1) is 0 Å². The quantitative estimate of drug-likeness (QED) is 0.885. The lowest BCUT2D eigenvalue weighted by Gasteiger charge is -2.08. The summed E-state index contributed by atoms with van der Waals surface area (Å²) < 4.78 is 5.36. The van der Waals surface area contributed by atoms with Crippen molar-refractivity contribution >= 4 is 39.8 Å². The van der Waals surface area contributed by atoms with Crippen LogP contribution in [0.2, 0.25) is 0 Å². The first-order chi connectivity index (χ1) is 9.31. The predicted octanol–water partition coefficient (Wildman–Crippen LogP) is 2.93. The van der Waals surface area contributed by atoms with Gasteiger partial charge in [0.2, 0.25) is 5.91 Å². The average molecular weight is 292 g/mol. The smallest absolute Gasteiger partial charge is 0.250 e. The van der Waals surface area contributed by atoms with Gasteiger partial charge in [-0.15, -0.1) is 11.3 Å². The molecular weight excluding hydrogens is 280 g/mol. The van der Waals surface area contributed by atoms with Crippen LogP contribution < -0.4 is 5.32 Å². The molecule has 0 unspecified atom stereocenters. The van der Waals surface area contributed by atoms with E-state index in [0.29, 0.717) is 18.3 Å². The normalized spacial score (nSPS) is 14.5. The van der Waals surface area contributed by atoms with E-state index in [1.807, 2.05) is 17.5 Å². The zero-order chi connectivity index (χ0) is 13.1. The van der Waals surface area contributed by atoms with Crippen LogP contribution in [0.25, 0.3) is 6.08 Å². The van der Waals surface area contributed by atoms with Crippen molar-refractivity contribution in [3.63, 3.8) is 0 Å². The zero-order valence-electron chi connectivity index (χ0n) is 10.1. The number of anilines is 1. The molecular formula is C13H12N2O2S2. The summed E-state index contributed by atoms with van der Waals surface area (Å²) in [4.78, 5) is 18.3. The van der Waals surface area contributed by atoms with Crippen LogP contribution in [0.3, 0.4) is 0 Å². The van der Waals surface area contributed by atoms with Crippen molar-refractivity contribution in [3.8, 4) is 0 Å². The Morgan fingerprint density at radius 2 is 2.47 bits per heavy atom. The number of fused-ring (bicyclic) bond motifs is 1. The molecule has 0 radical (unpaired) electrons. The largest absolute Gasteiger partial charge is 0.375 e.